The molecule has 0 radical (unpaired) electrons. The van der Waals surface area contributed by atoms with Crippen molar-refractivity contribution in [1.29, 1.82) is 0 Å². The van der Waals surface area contributed by atoms with Crippen LogP contribution in [0, 0.1) is 0 Å². The van der Waals surface area contributed by atoms with Crippen molar-refractivity contribution in [1.82, 2.24) is 4.31 Å². The van der Waals surface area contributed by atoms with Crippen LogP contribution in [0.3, 0.4) is 0 Å². The highest BCUT2D eigenvalue weighted by Crippen LogP contribution is 2.19. The minimum atomic E-state index is 0.725. The smallest absolute Gasteiger partial charge is 0.219 e. The lowest BCUT2D eigenvalue weighted by atomic mass is 10.4. The molecule has 64 valence electrons. The number of hydrogen-bond acceptors (Lipinski definition) is 2. The average molecular weight is 181 g/mol. The maximum atomic E-state index is 10.4. The molecule has 1 rings (SSSR count). The molecule has 2 nitrogen and oxygen atoms in total. The number of hydrogen-bond donors (Lipinski definition) is 0. The second-order valence-electron chi connectivity index (χ2n) is 2.24. The van der Waals surface area contributed by atoms with E-state index >= 15 is 0 Å². The fraction of sp³-hybridized carbons (Fsp3) is 0.222. The first kappa shape index (κ1) is 9.13. The molecule has 0 aliphatic carbocycles. The molecule has 1 aromatic carbocycles. The summed E-state index contributed by atoms with van der Waals surface area (Å²) in [6, 6.07) is 9.84. The third-order valence-electron chi connectivity index (χ3n) is 1.40. The number of carbonyl (C=O) groups excluding carboxylic acids is 1. The molecule has 1 amide bonds. The van der Waals surface area contributed by atoms with Crippen LogP contribution in [0.2, 0.25) is 0 Å². The van der Waals surface area contributed by atoms with Crippen molar-refractivity contribution in [3.63, 3.8) is 0 Å². The maximum absolute atomic E-state index is 10.4. The summed E-state index contributed by atoms with van der Waals surface area (Å²) in [5.41, 5.74) is 0. The van der Waals surface area contributed by atoms with Crippen molar-refractivity contribution in [3.8, 4) is 0 Å². The van der Waals surface area contributed by atoms with Crippen LogP contribution in [0.1, 0.15) is 6.92 Å². The summed E-state index contributed by atoms with van der Waals surface area (Å²) in [5.74, 6) is 0. The Labute approximate surface area is 76.7 Å². The van der Waals surface area contributed by atoms with Gasteiger partial charge < -0.3 is 0 Å². The summed E-state index contributed by atoms with van der Waals surface area (Å²) in [4.78, 5) is 11.5. The molecule has 0 aliphatic rings. The summed E-state index contributed by atoms with van der Waals surface area (Å²) in [6.45, 7) is 2.67. The summed E-state index contributed by atoms with van der Waals surface area (Å²) in [5, 5.41) is 0. The highest BCUT2D eigenvalue weighted by molar-refractivity contribution is 7.97. The van der Waals surface area contributed by atoms with E-state index in [1.54, 1.807) is 4.31 Å². The Bertz CT molecular complexity index is 238. The molecule has 1 aromatic rings. The van der Waals surface area contributed by atoms with E-state index in [0.29, 0.717) is 0 Å². The molecule has 0 heterocycles. The van der Waals surface area contributed by atoms with Crippen molar-refractivity contribution >= 4 is 18.4 Å². The molecular weight excluding hydrogens is 170 g/mol. The van der Waals surface area contributed by atoms with Gasteiger partial charge in [0.05, 0.1) is 0 Å². The van der Waals surface area contributed by atoms with Gasteiger partial charge >= 0.3 is 0 Å². The Hall–Kier alpha value is -0.960. The summed E-state index contributed by atoms with van der Waals surface area (Å²) >= 11 is 1.45. The second-order valence-corrected chi connectivity index (χ2v) is 3.37. The Morgan fingerprint density at radius 3 is 2.58 bits per heavy atom. The van der Waals surface area contributed by atoms with Crippen molar-refractivity contribution in [2.24, 2.45) is 0 Å². The van der Waals surface area contributed by atoms with E-state index in [1.165, 1.54) is 11.9 Å². The number of benzene rings is 1. The van der Waals surface area contributed by atoms with Crippen LogP contribution in [0.4, 0.5) is 0 Å². The number of rotatable bonds is 4. The van der Waals surface area contributed by atoms with Gasteiger partial charge in [-0.2, -0.15) is 0 Å². The molecule has 0 unspecified atom stereocenters. The largest absolute Gasteiger partial charge is 0.285 e. The normalized spacial score (nSPS) is 9.42. The Balaban J connectivity index is 2.56. The van der Waals surface area contributed by atoms with Crippen LogP contribution in [-0.2, 0) is 4.79 Å². The van der Waals surface area contributed by atoms with E-state index in [9.17, 15) is 4.79 Å². The molecule has 0 fully saturated rings. The predicted octanol–water partition coefficient (Wildman–Crippen LogP) is 2.17. The third kappa shape index (κ3) is 2.58. The van der Waals surface area contributed by atoms with Gasteiger partial charge in [0.25, 0.3) is 0 Å². The summed E-state index contributed by atoms with van der Waals surface area (Å²) in [7, 11) is 0. The lowest BCUT2D eigenvalue weighted by Crippen LogP contribution is -2.11. The van der Waals surface area contributed by atoms with Gasteiger partial charge in [0.15, 0.2) is 0 Å². The molecule has 0 saturated heterocycles. The van der Waals surface area contributed by atoms with E-state index in [0.717, 1.165) is 17.9 Å². The first-order chi connectivity index (χ1) is 5.86. The zero-order valence-corrected chi connectivity index (χ0v) is 7.75. The molecular formula is C9H11NOS. The van der Waals surface area contributed by atoms with Gasteiger partial charge in [0.2, 0.25) is 6.41 Å². The van der Waals surface area contributed by atoms with E-state index < -0.39 is 0 Å². The van der Waals surface area contributed by atoms with Crippen LogP contribution in [-0.4, -0.2) is 17.3 Å². The van der Waals surface area contributed by atoms with Crippen LogP contribution in [0.25, 0.3) is 0 Å². The molecule has 3 heteroatoms. The minimum absolute atomic E-state index is 0.725. The van der Waals surface area contributed by atoms with Crippen LogP contribution < -0.4 is 0 Å². The highest BCUT2D eigenvalue weighted by Gasteiger charge is 1.99. The molecule has 0 N–H and O–H groups in total. The van der Waals surface area contributed by atoms with Crippen molar-refractivity contribution in [2.45, 2.75) is 11.8 Å². The minimum Gasteiger partial charge on any atom is -0.285 e. The van der Waals surface area contributed by atoms with Crippen molar-refractivity contribution < 1.29 is 4.79 Å². The van der Waals surface area contributed by atoms with Gasteiger partial charge in [-0.1, -0.05) is 18.2 Å². The second kappa shape index (κ2) is 4.83. The van der Waals surface area contributed by atoms with E-state index in [4.69, 9.17) is 0 Å². The lowest BCUT2D eigenvalue weighted by Gasteiger charge is -2.12. The molecule has 0 spiro atoms. The SMILES string of the molecule is CCN(C=O)Sc1ccccc1. The van der Waals surface area contributed by atoms with Gasteiger partial charge in [-0.25, -0.2) is 0 Å². The van der Waals surface area contributed by atoms with Crippen LogP contribution >= 0.6 is 11.9 Å². The van der Waals surface area contributed by atoms with E-state index in [-0.39, 0.29) is 0 Å². The molecule has 0 saturated carbocycles. The van der Waals surface area contributed by atoms with E-state index in [2.05, 4.69) is 0 Å². The van der Waals surface area contributed by atoms with Gasteiger partial charge in [-0.3, -0.25) is 9.10 Å². The highest BCUT2D eigenvalue weighted by atomic mass is 32.2. The standard InChI is InChI=1S/C9H11NOS/c1-2-10(8-11)12-9-6-4-3-5-7-9/h3-8H,2H2,1H3. The first-order valence-electron chi connectivity index (χ1n) is 3.81. The first-order valence-corrected chi connectivity index (χ1v) is 4.59. The third-order valence-corrected chi connectivity index (χ3v) is 2.46. The van der Waals surface area contributed by atoms with Crippen molar-refractivity contribution in [3.05, 3.63) is 30.3 Å². The van der Waals surface area contributed by atoms with Gasteiger partial charge in [-0.05, 0) is 31.0 Å². The Kier molecular flexibility index (Phi) is 3.67. The van der Waals surface area contributed by atoms with Gasteiger partial charge in [-0.15, -0.1) is 0 Å². The van der Waals surface area contributed by atoms with E-state index in [1.807, 2.05) is 37.3 Å². The zero-order chi connectivity index (χ0) is 8.81. The van der Waals surface area contributed by atoms with Gasteiger partial charge in [0.1, 0.15) is 0 Å². The molecule has 0 atom stereocenters. The average Bonchev–Trinajstić information content (AvgIpc) is 2.16. The lowest BCUT2D eigenvalue weighted by molar-refractivity contribution is -0.113. The van der Waals surface area contributed by atoms with Crippen LogP contribution in [0.5, 0.6) is 0 Å². The predicted molar refractivity (Wildman–Crippen MR) is 50.7 cm³/mol. The number of amides is 1. The molecule has 0 aromatic heterocycles. The Morgan fingerprint density at radius 1 is 1.42 bits per heavy atom. The quantitative estimate of drug-likeness (QED) is 0.524. The molecule has 12 heavy (non-hydrogen) atoms. The van der Waals surface area contributed by atoms with Crippen LogP contribution in [0.15, 0.2) is 35.2 Å². The van der Waals surface area contributed by atoms with Crippen molar-refractivity contribution in [2.75, 3.05) is 6.54 Å². The molecule has 0 aliphatic heterocycles. The summed E-state index contributed by atoms with van der Waals surface area (Å²) in [6.07, 6.45) is 0.845. The zero-order valence-electron chi connectivity index (χ0n) is 6.93. The Morgan fingerprint density at radius 2 is 2.08 bits per heavy atom. The maximum Gasteiger partial charge on any atom is 0.219 e. The monoisotopic (exact) mass is 181 g/mol. The fourth-order valence-electron chi connectivity index (χ4n) is 0.777. The topological polar surface area (TPSA) is 20.3 Å². The number of carbonyl (C=O) groups is 1. The fourth-order valence-corrected chi connectivity index (χ4v) is 1.50. The molecule has 0 bridgehead atoms. The summed E-state index contributed by atoms with van der Waals surface area (Å²) < 4.78 is 1.65. The van der Waals surface area contributed by atoms with Gasteiger partial charge in [0, 0.05) is 11.4 Å². The number of nitrogens with zero attached hydrogens (tertiary/aromatic N) is 1.